The Bertz CT molecular complexity index is 923. The molecule has 2 amide bonds. The monoisotopic (exact) mass is 392 g/mol. The summed E-state index contributed by atoms with van der Waals surface area (Å²) < 4.78 is 10.6. The number of amides is 2. The van der Waals surface area contributed by atoms with E-state index in [2.05, 4.69) is 22.8 Å². The summed E-state index contributed by atoms with van der Waals surface area (Å²) in [5, 5.41) is 5.66. The van der Waals surface area contributed by atoms with Crippen molar-refractivity contribution in [2.75, 3.05) is 11.9 Å². The van der Waals surface area contributed by atoms with Crippen molar-refractivity contribution in [3.63, 3.8) is 0 Å². The molecule has 3 rings (SSSR count). The molecule has 0 saturated carbocycles. The highest BCUT2D eigenvalue weighted by atomic mass is 16.5. The number of carbonyl (C=O) groups is 2. The summed E-state index contributed by atoms with van der Waals surface area (Å²) in [5.74, 6) is 0.183. The smallest absolute Gasteiger partial charge is 0.291 e. The zero-order valence-corrected chi connectivity index (χ0v) is 16.3. The predicted octanol–water partition coefficient (Wildman–Crippen LogP) is 4.05. The Labute approximate surface area is 169 Å². The Kier molecular flexibility index (Phi) is 7.05. The Balaban J connectivity index is 1.43. The van der Waals surface area contributed by atoms with Crippen molar-refractivity contribution in [2.45, 2.75) is 25.8 Å². The highest BCUT2D eigenvalue weighted by molar-refractivity contribution is 6.02. The Morgan fingerprint density at radius 1 is 1.03 bits per heavy atom. The molecule has 0 fully saturated rings. The van der Waals surface area contributed by atoms with Crippen molar-refractivity contribution >= 4 is 17.5 Å². The number of benzene rings is 2. The number of furan rings is 1. The molecule has 0 aliphatic heterocycles. The van der Waals surface area contributed by atoms with Crippen molar-refractivity contribution in [1.29, 1.82) is 0 Å². The lowest BCUT2D eigenvalue weighted by Gasteiger charge is -2.14. The lowest BCUT2D eigenvalue weighted by Crippen LogP contribution is -2.36. The molecule has 3 aromatic rings. The molecule has 2 N–H and O–H groups in total. The number of ether oxygens (including phenoxy) is 1. The van der Waals surface area contributed by atoms with E-state index in [0.29, 0.717) is 11.4 Å². The number of aryl methyl sites for hydroxylation is 1. The lowest BCUT2D eigenvalue weighted by molar-refractivity contribution is -0.123. The minimum atomic E-state index is -0.350. The molecule has 0 aliphatic rings. The number of carbonyl (C=O) groups excluding carboxylic acids is 2. The molecule has 150 valence electrons. The van der Waals surface area contributed by atoms with Crippen LogP contribution < -0.4 is 15.4 Å². The largest absolute Gasteiger partial charge is 0.484 e. The standard InChI is InChI=1S/C23H24N2O4/c1-17(12-13-18-7-3-2-4-8-18)24-22(26)16-29-20-10-5-9-19(15-20)25-23(27)21-11-6-14-28-21/h2-11,14-15,17H,12-13,16H2,1H3,(H,24,26)(H,25,27). The van der Waals surface area contributed by atoms with Crippen molar-refractivity contribution in [1.82, 2.24) is 5.32 Å². The fraction of sp³-hybridized carbons (Fsp3) is 0.217. The first-order chi connectivity index (χ1) is 14.1. The van der Waals surface area contributed by atoms with Crippen LogP contribution in [-0.2, 0) is 11.2 Å². The van der Waals surface area contributed by atoms with Gasteiger partial charge in [-0.3, -0.25) is 9.59 Å². The van der Waals surface area contributed by atoms with Gasteiger partial charge < -0.3 is 19.8 Å². The van der Waals surface area contributed by atoms with Crippen molar-refractivity contribution in [3.8, 4) is 5.75 Å². The van der Waals surface area contributed by atoms with Crippen LogP contribution >= 0.6 is 0 Å². The fourth-order valence-electron chi connectivity index (χ4n) is 2.83. The van der Waals surface area contributed by atoms with Gasteiger partial charge in [0.05, 0.1) is 6.26 Å². The summed E-state index contributed by atoms with van der Waals surface area (Å²) in [4.78, 5) is 24.2. The van der Waals surface area contributed by atoms with Crippen LogP contribution in [0.15, 0.2) is 77.4 Å². The number of hydrogen-bond acceptors (Lipinski definition) is 4. The topological polar surface area (TPSA) is 80.6 Å². The molecule has 1 heterocycles. The van der Waals surface area contributed by atoms with Crippen molar-refractivity contribution < 1.29 is 18.7 Å². The second kappa shape index (κ2) is 10.1. The van der Waals surface area contributed by atoms with Gasteiger partial charge in [-0.2, -0.15) is 0 Å². The molecule has 0 radical (unpaired) electrons. The first-order valence-electron chi connectivity index (χ1n) is 9.51. The van der Waals surface area contributed by atoms with E-state index in [-0.39, 0.29) is 30.2 Å². The number of rotatable bonds is 9. The predicted molar refractivity (Wildman–Crippen MR) is 111 cm³/mol. The van der Waals surface area contributed by atoms with Gasteiger partial charge in [-0.25, -0.2) is 0 Å². The Morgan fingerprint density at radius 2 is 1.86 bits per heavy atom. The van der Waals surface area contributed by atoms with Crippen LogP contribution in [0.2, 0.25) is 0 Å². The van der Waals surface area contributed by atoms with Gasteiger partial charge in [0.25, 0.3) is 11.8 Å². The quantitative estimate of drug-likeness (QED) is 0.576. The normalized spacial score (nSPS) is 11.5. The van der Waals surface area contributed by atoms with Gasteiger partial charge in [-0.05, 0) is 49.6 Å². The van der Waals surface area contributed by atoms with E-state index in [1.807, 2.05) is 25.1 Å². The molecule has 29 heavy (non-hydrogen) atoms. The summed E-state index contributed by atoms with van der Waals surface area (Å²) in [6.45, 7) is 1.89. The van der Waals surface area contributed by atoms with Crippen LogP contribution in [0.4, 0.5) is 5.69 Å². The fourth-order valence-corrected chi connectivity index (χ4v) is 2.83. The molecular weight excluding hydrogens is 368 g/mol. The minimum Gasteiger partial charge on any atom is -0.484 e. The van der Waals surface area contributed by atoms with Gasteiger partial charge in [0, 0.05) is 17.8 Å². The first-order valence-corrected chi connectivity index (χ1v) is 9.51. The maximum Gasteiger partial charge on any atom is 0.291 e. The highest BCUT2D eigenvalue weighted by Gasteiger charge is 2.11. The molecule has 1 aromatic heterocycles. The van der Waals surface area contributed by atoms with Crippen molar-refractivity contribution in [2.24, 2.45) is 0 Å². The van der Waals surface area contributed by atoms with Crippen LogP contribution in [-0.4, -0.2) is 24.5 Å². The summed E-state index contributed by atoms with van der Waals surface area (Å²) in [5.41, 5.74) is 1.80. The Morgan fingerprint density at radius 3 is 2.62 bits per heavy atom. The zero-order valence-electron chi connectivity index (χ0n) is 16.3. The second-order valence-electron chi connectivity index (χ2n) is 6.74. The van der Waals surface area contributed by atoms with Gasteiger partial charge in [0.1, 0.15) is 5.75 Å². The zero-order chi connectivity index (χ0) is 20.5. The van der Waals surface area contributed by atoms with E-state index < -0.39 is 0 Å². The van der Waals surface area contributed by atoms with Gasteiger partial charge in [-0.1, -0.05) is 36.4 Å². The number of hydrogen-bond donors (Lipinski definition) is 2. The average molecular weight is 392 g/mol. The van der Waals surface area contributed by atoms with Gasteiger partial charge in [0.15, 0.2) is 12.4 Å². The van der Waals surface area contributed by atoms with E-state index in [4.69, 9.17) is 9.15 Å². The summed E-state index contributed by atoms with van der Waals surface area (Å²) >= 11 is 0. The van der Waals surface area contributed by atoms with Crippen LogP contribution in [0.1, 0.15) is 29.5 Å². The summed E-state index contributed by atoms with van der Waals surface area (Å²) in [7, 11) is 0. The molecular formula is C23H24N2O4. The molecule has 0 saturated heterocycles. The SMILES string of the molecule is CC(CCc1ccccc1)NC(=O)COc1cccc(NC(=O)c2ccco2)c1. The highest BCUT2D eigenvalue weighted by Crippen LogP contribution is 2.18. The van der Waals surface area contributed by atoms with Crippen LogP contribution in [0.3, 0.4) is 0 Å². The molecule has 6 nitrogen and oxygen atoms in total. The average Bonchev–Trinajstić information content (AvgIpc) is 3.27. The van der Waals surface area contributed by atoms with Crippen LogP contribution in [0, 0.1) is 0 Å². The van der Waals surface area contributed by atoms with E-state index in [0.717, 1.165) is 12.8 Å². The lowest BCUT2D eigenvalue weighted by atomic mass is 10.1. The van der Waals surface area contributed by atoms with E-state index in [1.165, 1.54) is 11.8 Å². The van der Waals surface area contributed by atoms with Crippen LogP contribution in [0.25, 0.3) is 0 Å². The molecule has 0 bridgehead atoms. The number of nitrogens with one attached hydrogen (secondary N) is 2. The molecule has 2 aromatic carbocycles. The molecule has 1 atom stereocenters. The minimum absolute atomic E-state index is 0.0465. The third kappa shape index (κ3) is 6.53. The second-order valence-corrected chi connectivity index (χ2v) is 6.74. The third-order valence-corrected chi connectivity index (χ3v) is 4.32. The van der Waals surface area contributed by atoms with E-state index >= 15 is 0 Å². The summed E-state index contributed by atoms with van der Waals surface area (Å²) in [6.07, 6.45) is 3.19. The van der Waals surface area contributed by atoms with Gasteiger partial charge >= 0.3 is 0 Å². The molecule has 0 aliphatic carbocycles. The molecule has 1 unspecified atom stereocenters. The maximum atomic E-state index is 12.1. The van der Waals surface area contributed by atoms with Gasteiger partial charge in [-0.15, -0.1) is 0 Å². The van der Waals surface area contributed by atoms with Crippen molar-refractivity contribution in [3.05, 3.63) is 84.3 Å². The van der Waals surface area contributed by atoms with E-state index in [9.17, 15) is 9.59 Å². The third-order valence-electron chi connectivity index (χ3n) is 4.32. The first kappa shape index (κ1) is 20.2. The van der Waals surface area contributed by atoms with E-state index in [1.54, 1.807) is 36.4 Å². The summed E-state index contributed by atoms with van der Waals surface area (Å²) in [6, 6.07) is 20.3. The Hall–Kier alpha value is -3.54. The molecule has 0 spiro atoms. The number of anilines is 1. The maximum absolute atomic E-state index is 12.1. The van der Waals surface area contributed by atoms with Gasteiger partial charge in [0.2, 0.25) is 0 Å². The molecule has 6 heteroatoms. The van der Waals surface area contributed by atoms with Crippen LogP contribution in [0.5, 0.6) is 5.75 Å².